The van der Waals surface area contributed by atoms with Gasteiger partial charge in [0.1, 0.15) is 0 Å². The molecule has 3 nitrogen and oxygen atoms in total. The van der Waals surface area contributed by atoms with Crippen molar-refractivity contribution in [2.75, 3.05) is 19.7 Å². The first-order valence-corrected chi connectivity index (χ1v) is 8.25. The molecule has 0 radical (unpaired) electrons. The Morgan fingerprint density at radius 3 is 2.57 bits per heavy atom. The number of hydrogen-bond donors (Lipinski definition) is 0. The highest BCUT2D eigenvalue weighted by atomic mass is 19.3. The van der Waals surface area contributed by atoms with Crippen LogP contribution in [0.3, 0.4) is 0 Å². The van der Waals surface area contributed by atoms with Crippen LogP contribution in [-0.4, -0.2) is 36.5 Å². The molecule has 1 aliphatic carbocycles. The average molecular weight is 323 g/mol. The van der Waals surface area contributed by atoms with Gasteiger partial charge in [-0.1, -0.05) is 30.3 Å². The molecule has 5 heteroatoms. The Balaban J connectivity index is 1.78. The lowest BCUT2D eigenvalue weighted by Gasteiger charge is -2.26. The standard InChI is InChI=1S/C18H23F2NO2/c1-3-23-16(22)17(9-10-17)15-11-21(12-18(15,19)20)13(2)14-7-5-4-6-8-14/h4-8,13,15H,3,9-12H2,1-2H3/t13-,15+/m0/s1. The minimum absolute atomic E-state index is 0.0925. The Kier molecular flexibility index (Phi) is 4.17. The average Bonchev–Trinajstić information content (AvgIpc) is 3.27. The maximum Gasteiger partial charge on any atom is 0.312 e. The minimum Gasteiger partial charge on any atom is -0.466 e. The first kappa shape index (κ1) is 16.4. The van der Waals surface area contributed by atoms with Gasteiger partial charge in [0.15, 0.2) is 0 Å². The number of halogens is 2. The van der Waals surface area contributed by atoms with Gasteiger partial charge in [-0.3, -0.25) is 9.69 Å². The van der Waals surface area contributed by atoms with Crippen LogP contribution in [0.1, 0.15) is 38.3 Å². The molecule has 0 N–H and O–H groups in total. The van der Waals surface area contributed by atoms with Gasteiger partial charge in [-0.25, -0.2) is 8.78 Å². The summed E-state index contributed by atoms with van der Waals surface area (Å²) in [4.78, 5) is 14.0. The van der Waals surface area contributed by atoms with Gasteiger partial charge in [-0.15, -0.1) is 0 Å². The largest absolute Gasteiger partial charge is 0.466 e. The Morgan fingerprint density at radius 1 is 1.35 bits per heavy atom. The van der Waals surface area contributed by atoms with E-state index in [-0.39, 0.29) is 25.7 Å². The predicted molar refractivity (Wildman–Crippen MR) is 83.2 cm³/mol. The molecule has 23 heavy (non-hydrogen) atoms. The van der Waals surface area contributed by atoms with Gasteiger partial charge in [-0.05, 0) is 32.3 Å². The van der Waals surface area contributed by atoms with Gasteiger partial charge in [0, 0.05) is 12.6 Å². The van der Waals surface area contributed by atoms with Gasteiger partial charge in [0.25, 0.3) is 5.92 Å². The van der Waals surface area contributed by atoms with E-state index in [1.807, 2.05) is 37.3 Å². The van der Waals surface area contributed by atoms with Crippen molar-refractivity contribution >= 4 is 5.97 Å². The van der Waals surface area contributed by atoms with Crippen LogP contribution in [0.25, 0.3) is 0 Å². The number of rotatable bonds is 5. The van der Waals surface area contributed by atoms with E-state index in [1.54, 1.807) is 11.8 Å². The van der Waals surface area contributed by atoms with Crippen LogP contribution >= 0.6 is 0 Å². The Hall–Kier alpha value is -1.49. The van der Waals surface area contributed by atoms with Crippen molar-refractivity contribution in [3.63, 3.8) is 0 Å². The van der Waals surface area contributed by atoms with Crippen molar-refractivity contribution in [3.05, 3.63) is 35.9 Å². The smallest absolute Gasteiger partial charge is 0.312 e. The quantitative estimate of drug-likeness (QED) is 0.775. The molecule has 0 amide bonds. The summed E-state index contributed by atoms with van der Waals surface area (Å²) in [5.41, 5.74) is 0.0509. The van der Waals surface area contributed by atoms with Crippen LogP contribution in [-0.2, 0) is 9.53 Å². The van der Waals surface area contributed by atoms with Gasteiger partial charge >= 0.3 is 5.97 Å². The zero-order valence-electron chi connectivity index (χ0n) is 13.6. The second-order valence-corrected chi connectivity index (χ2v) is 6.71. The van der Waals surface area contributed by atoms with E-state index in [0.717, 1.165) is 5.56 Å². The molecule has 1 aromatic rings. The molecule has 0 bridgehead atoms. The third kappa shape index (κ3) is 2.87. The number of benzene rings is 1. The normalized spacial score (nSPS) is 26.7. The molecule has 1 aromatic carbocycles. The van der Waals surface area contributed by atoms with E-state index >= 15 is 0 Å². The second kappa shape index (κ2) is 5.86. The van der Waals surface area contributed by atoms with Crippen molar-refractivity contribution in [2.45, 2.75) is 38.7 Å². The lowest BCUT2D eigenvalue weighted by molar-refractivity contribution is -0.158. The first-order valence-electron chi connectivity index (χ1n) is 8.25. The molecular weight excluding hydrogens is 300 g/mol. The fourth-order valence-corrected chi connectivity index (χ4v) is 3.73. The monoisotopic (exact) mass is 323 g/mol. The van der Waals surface area contributed by atoms with Crippen LogP contribution in [0.15, 0.2) is 30.3 Å². The zero-order valence-corrected chi connectivity index (χ0v) is 13.6. The Bertz CT molecular complexity index is 572. The number of nitrogens with zero attached hydrogens (tertiary/aromatic N) is 1. The zero-order chi connectivity index (χ0) is 16.7. The highest BCUT2D eigenvalue weighted by molar-refractivity contribution is 5.80. The number of carbonyl (C=O) groups excluding carboxylic acids is 1. The van der Waals surface area contributed by atoms with Gasteiger partial charge in [0.2, 0.25) is 0 Å². The summed E-state index contributed by atoms with van der Waals surface area (Å²) in [6.45, 7) is 3.84. The van der Waals surface area contributed by atoms with Gasteiger partial charge in [-0.2, -0.15) is 0 Å². The number of hydrogen-bond acceptors (Lipinski definition) is 3. The fraction of sp³-hybridized carbons (Fsp3) is 0.611. The van der Waals surface area contributed by atoms with E-state index in [2.05, 4.69) is 0 Å². The van der Waals surface area contributed by atoms with E-state index in [1.165, 1.54) is 0 Å². The Labute approximate surface area is 135 Å². The van der Waals surface area contributed by atoms with E-state index in [0.29, 0.717) is 12.8 Å². The topological polar surface area (TPSA) is 29.5 Å². The lowest BCUT2D eigenvalue weighted by Crippen LogP contribution is -2.39. The Morgan fingerprint density at radius 2 is 2.00 bits per heavy atom. The summed E-state index contributed by atoms with van der Waals surface area (Å²) < 4.78 is 34.3. The molecule has 1 saturated carbocycles. The highest BCUT2D eigenvalue weighted by Gasteiger charge is 2.67. The van der Waals surface area contributed by atoms with Crippen molar-refractivity contribution in [1.82, 2.24) is 4.90 Å². The molecular formula is C18H23F2NO2. The first-order chi connectivity index (χ1) is 10.9. The van der Waals surface area contributed by atoms with E-state index in [4.69, 9.17) is 4.74 Å². The highest BCUT2D eigenvalue weighted by Crippen LogP contribution is 2.60. The summed E-state index contributed by atoms with van der Waals surface area (Å²) in [5, 5.41) is 0. The third-order valence-corrected chi connectivity index (χ3v) is 5.31. The molecule has 3 rings (SSSR count). The summed E-state index contributed by atoms with van der Waals surface area (Å²) in [6, 6.07) is 9.56. The molecule has 1 saturated heterocycles. The van der Waals surface area contributed by atoms with Crippen LogP contribution in [0.4, 0.5) is 8.78 Å². The summed E-state index contributed by atoms with van der Waals surface area (Å²) in [5.74, 6) is -4.24. The molecule has 0 unspecified atom stereocenters. The van der Waals surface area contributed by atoms with Crippen molar-refractivity contribution in [3.8, 4) is 0 Å². The van der Waals surface area contributed by atoms with Gasteiger partial charge in [0.05, 0.1) is 24.5 Å². The molecule has 0 spiro atoms. The van der Waals surface area contributed by atoms with Crippen molar-refractivity contribution in [1.29, 1.82) is 0 Å². The fourth-order valence-electron chi connectivity index (χ4n) is 3.73. The van der Waals surface area contributed by atoms with Crippen molar-refractivity contribution < 1.29 is 18.3 Å². The number of alkyl halides is 2. The van der Waals surface area contributed by atoms with Gasteiger partial charge < -0.3 is 4.74 Å². The molecule has 1 aliphatic heterocycles. The number of esters is 1. The van der Waals surface area contributed by atoms with E-state index < -0.39 is 23.2 Å². The lowest BCUT2D eigenvalue weighted by atomic mass is 9.86. The maximum absolute atomic E-state index is 14.6. The van der Waals surface area contributed by atoms with Crippen LogP contribution in [0.2, 0.25) is 0 Å². The summed E-state index contributed by atoms with van der Waals surface area (Å²) >= 11 is 0. The molecule has 2 atom stereocenters. The molecule has 2 aliphatic rings. The second-order valence-electron chi connectivity index (χ2n) is 6.71. The summed E-state index contributed by atoms with van der Waals surface area (Å²) in [6.07, 6.45) is 1.03. The van der Waals surface area contributed by atoms with Crippen LogP contribution in [0.5, 0.6) is 0 Å². The number of ether oxygens (including phenoxy) is 1. The minimum atomic E-state index is -2.85. The summed E-state index contributed by atoms with van der Waals surface area (Å²) in [7, 11) is 0. The van der Waals surface area contributed by atoms with Crippen LogP contribution in [0, 0.1) is 11.3 Å². The number of carbonyl (C=O) groups is 1. The molecule has 2 fully saturated rings. The molecule has 1 heterocycles. The maximum atomic E-state index is 14.6. The number of likely N-dealkylation sites (tertiary alicyclic amines) is 1. The molecule has 0 aromatic heterocycles. The van der Waals surface area contributed by atoms with E-state index in [9.17, 15) is 13.6 Å². The third-order valence-electron chi connectivity index (χ3n) is 5.31. The SMILES string of the molecule is CCOC(=O)C1([C@H]2CN([C@@H](C)c3ccccc3)CC2(F)F)CC1. The predicted octanol–water partition coefficient (Wildman–Crippen LogP) is 3.66. The van der Waals surface area contributed by atoms with Crippen LogP contribution < -0.4 is 0 Å². The molecule has 126 valence electrons. The van der Waals surface area contributed by atoms with Crippen molar-refractivity contribution in [2.24, 2.45) is 11.3 Å².